The Labute approximate surface area is 104 Å². The number of rotatable bonds is 6. The van der Waals surface area contributed by atoms with E-state index in [4.69, 9.17) is 10.2 Å². The van der Waals surface area contributed by atoms with Crippen molar-refractivity contribution in [2.24, 2.45) is 5.92 Å². The van der Waals surface area contributed by atoms with Crippen LogP contribution in [-0.2, 0) is 16.0 Å². The maximum Gasteiger partial charge on any atom is 0.312 e. The lowest BCUT2D eigenvalue weighted by Crippen LogP contribution is -2.14. The van der Waals surface area contributed by atoms with Crippen molar-refractivity contribution in [1.29, 1.82) is 0 Å². The van der Waals surface area contributed by atoms with Crippen LogP contribution in [-0.4, -0.2) is 22.2 Å². The molecule has 0 aliphatic rings. The molecule has 0 aromatic carbocycles. The molecule has 0 amide bonds. The normalized spacial score (nSPS) is 12.6. The number of aliphatic carboxylic acids is 2. The number of carboxylic acid groups (broad SMARTS) is 2. The van der Waals surface area contributed by atoms with Crippen LogP contribution in [0.4, 0.5) is 0 Å². The molecule has 0 saturated heterocycles. The van der Waals surface area contributed by atoms with Gasteiger partial charge >= 0.3 is 11.9 Å². The third kappa shape index (κ3) is 4.19. The molecule has 0 radical (unpaired) electrons. The Kier molecular flexibility index (Phi) is 4.69. The lowest BCUT2D eigenvalue weighted by atomic mass is 10.0. The van der Waals surface area contributed by atoms with Crippen LogP contribution >= 0.6 is 11.3 Å². The van der Waals surface area contributed by atoms with Crippen LogP contribution in [0.3, 0.4) is 0 Å². The van der Waals surface area contributed by atoms with Crippen LogP contribution in [0.15, 0.2) is 12.1 Å². The second-order valence-electron chi connectivity index (χ2n) is 4.39. The summed E-state index contributed by atoms with van der Waals surface area (Å²) in [7, 11) is 0. The third-order valence-electron chi connectivity index (χ3n) is 2.31. The minimum absolute atomic E-state index is 0.364. The van der Waals surface area contributed by atoms with Gasteiger partial charge in [-0.1, -0.05) is 13.8 Å². The van der Waals surface area contributed by atoms with Crippen molar-refractivity contribution < 1.29 is 19.8 Å². The molecule has 1 rings (SSSR count). The first-order valence-corrected chi connectivity index (χ1v) is 6.25. The average molecular weight is 256 g/mol. The fraction of sp³-hybridized carbons (Fsp3) is 0.500. The van der Waals surface area contributed by atoms with Crippen LogP contribution in [0, 0.1) is 5.92 Å². The van der Waals surface area contributed by atoms with Gasteiger partial charge in [0.05, 0.1) is 6.42 Å². The van der Waals surface area contributed by atoms with E-state index in [1.54, 1.807) is 6.07 Å². The van der Waals surface area contributed by atoms with Gasteiger partial charge in [-0.2, -0.15) is 0 Å². The molecule has 0 aliphatic carbocycles. The number of hydrogen-bond donors (Lipinski definition) is 2. The summed E-state index contributed by atoms with van der Waals surface area (Å²) in [6, 6.07) is 3.61. The first-order chi connectivity index (χ1) is 7.90. The summed E-state index contributed by atoms with van der Waals surface area (Å²) in [5.41, 5.74) is 0. The van der Waals surface area contributed by atoms with E-state index in [9.17, 15) is 9.59 Å². The topological polar surface area (TPSA) is 74.6 Å². The van der Waals surface area contributed by atoms with Crippen molar-refractivity contribution in [2.45, 2.75) is 32.6 Å². The van der Waals surface area contributed by atoms with Gasteiger partial charge in [-0.25, -0.2) is 0 Å². The second kappa shape index (κ2) is 5.82. The fourth-order valence-corrected chi connectivity index (χ4v) is 2.90. The molecule has 0 fully saturated rings. The van der Waals surface area contributed by atoms with Gasteiger partial charge in [0.1, 0.15) is 5.92 Å². The van der Waals surface area contributed by atoms with E-state index >= 15 is 0 Å². The molecule has 5 heteroatoms. The second-order valence-corrected chi connectivity index (χ2v) is 5.59. The largest absolute Gasteiger partial charge is 0.481 e. The molecule has 0 bridgehead atoms. The van der Waals surface area contributed by atoms with Crippen LogP contribution in [0.5, 0.6) is 0 Å². The maximum absolute atomic E-state index is 11.0. The predicted molar refractivity (Wildman–Crippen MR) is 65.5 cm³/mol. The van der Waals surface area contributed by atoms with Gasteiger partial charge in [-0.3, -0.25) is 9.59 Å². The summed E-state index contributed by atoms with van der Waals surface area (Å²) < 4.78 is 0. The fourth-order valence-electron chi connectivity index (χ4n) is 1.58. The lowest BCUT2D eigenvalue weighted by Gasteiger charge is -2.06. The number of hydrogen-bond acceptors (Lipinski definition) is 3. The van der Waals surface area contributed by atoms with Crippen LogP contribution in [0.2, 0.25) is 0 Å². The zero-order valence-corrected chi connectivity index (χ0v) is 10.7. The van der Waals surface area contributed by atoms with Crippen LogP contribution < -0.4 is 0 Å². The van der Waals surface area contributed by atoms with E-state index in [-0.39, 0.29) is 6.42 Å². The first-order valence-electron chi connectivity index (χ1n) is 5.43. The van der Waals surface area contributed by atoms with Crippen molar-refractivity contribution in [2.75, 3.05) is 0 Å². The standard InChI is InChI=1S/C12H16O4S/c1-7(2)5-8-3-4-10(17-8)9(12(15)16)6-11(13)14/h3-4,7,9H,5-6H2,1-2H3,(H,13,14)(H,15,16). The maximum atomic E-state index is 11.0. The summed E-state index contributed by atoms with van der Waals surface area (Å²) in [6.07, 6.45) is 0.529. The van der Waals surface area contributed by atoms with E-state index < -0.39 is 17.9 Å². The highest BCUT2D eigenvalue weighted by Crippen LogP contribution is 2.29. The molecule has 1 aromatic heterocycles. The van der Waals surface area contributed by atoms with E-state index in [2.05, 4.69) is 13.8 Å². The highest BCUT2D eigenvalue weighted by Gasteiger charge is 2.24. The number of thiophene rings is 1. The van der Waals surface area contributed by atoms with Gasteiger partial charge in [-0.15, -0.1) is 11.3 Å². The van der Waals surface area contributed by atoms with Gasteiger partial charge in [0.2, 0.25) is 0 Å². The van der Waals surface area contributed by atoms with Crippen molar-refractivity contribution in [1.82, 2.24) is 0 Å². The van der Waals surface area contributed by atoms with Crippen molar-refractivity contribution in [3.8, 4) is 0 Å². The van der Waals surface area contributed by atoms with Crippen LogP contribution in [0.25, 0.3) is 0 Å². The SMILES string of the molecule is CC(C)Cc1ccc(C(CC(=O)O)C(=O)O)s1. The van der Waals surface area contributed by atoms with Gasteiger partial charge < -0.3 is 10.2 Å². The Morgan fingerprint density at radius 3 is 2.41 bits per heavy atom. The lowest BCUT2D eigenvalue weighted by molar-refractivity contribution is -0.145. The Morgan fingerprint density at radius 2 is 1.94 bits per heavy atom. The Bertz CT molecular complexity index is 408. The highest BCUT2D eigenvalue weighted by molar-refractivity contribution is 7.12. The summed E-state index contributed by atoms with van der Waals surface area (Å²) in [6.45, 7) is 4.18. The minimum Gasteiger partial charge on any atom is -0.481 e. The quantitative estimate of drug-likeness (QED) is 0.820. The molecule has 1 unspecified atom stereocenters. The van der Waals surface area contributed by atoms with E-state index in [1.165, 1.54) is 11.3 Å². The molecule has 0 spiro atoms. The van der Waals surface area contributed by atoms with Crippen LogP contribution in [0.1, 0.15) is 35.9 Å². The van der Waals surface area contributed by atoms with Gasteiger partial charge in [0, 0.05) is 9.75 Å². The summed E-state index contributed by atoms with van der Waals surface area (Å²) in [5, 5.41) is 17.7. The minimum atomic E-state index is -1.09. The van der Waals surface area contributed by atoms with E-state index in [1.807, 2.05) is 6.07 Å². The number of carbonyl (C=O) groups is 2. The molecule has 0 saturated carbocycles. The third-order valence-corrected chi connectivity index (χ3v) is 3.53. The van der Waals surface area contributed by atoms with Crippen molar-refractivity contribution >= 4 is 23.3 Å². The molecule has 0 aliphatic heterocycles. The molecule has 4 nitrogen and oxygen atoms in total. The molecule has 1 heterocycles. The van der Waals surface area contributed by atoms with Gasteiger partial charge in [-0.05, 0) is 24.5 Å². The molecule has 17 heavy (non-hydrogen) atoms. The summed E-state index contributed by atoms with van der Waals surface area (Å²) in [4.78, 5) is 23.3. The average Bonchev–Trinajstić information content (AvgIpc) is 2.60. The summed E-state index contributed by atoms with van der Waals surface area (Å²) in [5.74, 6) is -2.59. The zero-order chi connectivity index (χ0) is 13.0. The molecule has 94 valence electrons. The van der Waals surface area contributed by atoms with Crippen molar-refractivity contribution in [3.05, 3.63) is 21.9 Å². The van der Waals surface area contributed by atoms with Crippen molar-refractivity contribution in [3.63, 3.8) is 0 Å². The van der Waals surface area contributed by atoms with Gasteiger partial charge in [0.15, 0.2) is 0 Å². The monoisotopic (exact) mass is 256 g/mol. The van der Waals surface area contributed by atoms with E-state index in [0.717, 1.165) is 11.3 Å². The predicted octanol–water partition coefficient (Wildman–Crippen LogP) is 2.59. The molecule has 2 N–H and O–H groups in total. The zero-order valence-electron chi connectivity index (χ0n) is 9.84. The number of carboxylic acids is 2. The van der Waals surface area contributed by atoms with E-state index in [0.29, 0.717) is 10.8 Å². The Morgan fingerprint density at radius 1 is 1.29 bits per heavy atom. The molecule has 1 aromatic rings. The Balaban J connectivity index is 2.84. The first kappa shape index (κ1) is 13.7. The Hall–Kier alpha value is -1.36. The smallest absolute Gasteiger partial charge is 0.312 e. The molecular weight excluding hydrogens is 240 g/mol. The molecule has 1 atom stereocenters. The summed E-state index contributed by atoms with van der Waals surface area (Å²) >= 11 is 1.40. The molecular formula is C12H16O4S. The highest BCUT2D eigenvalue weighted by atomic mass is 32.1. The van der Waals surface area contributed by atoms with Gasteiger partial charge in [0.25, 0.3) is 0 Å².